The van der Waals surface area contributed by atoms with Crippen LogP contribution in [0.15, 0.2) is 28.7 Å². The van der Waals surface area contributed by atoms with Crippen molar-refractivity contribution in [1.29, 1.82) is 0 Å². The molecule has 7 heteroatoms. The highest BCUT2D eigenvalue weighted by Crippen LogP contribution is 2.41. The zero-order chi connectivity index (χ0) is 21.7. The third kappa shape index (κ3) is 4.66. The van der Waals surface area contributed by atoms with E-state index in [4.69, 9.17) is 13.9 Å². The molecule has 1 aliphatic rings. The third-order valence-corrected chi connectivity index (χ3v) is 5.63. The number of hydrogen-bond donors (Lipinski definition) is 0. The van der Waals surface area contributed by atoms with Gasteiger partial charge in [0.1, 0.15) is 11.5 Å². The van der Waals surface area contributed by atoms with Crippen LogP contribution >= 0.6 is 0 Å². The van der Waals surface area contributed by atoms with Crippen molar-refractivity contribution in [2.75, 3.05) is 13.7 Å². The maximum absolute atomic E-state index is 13.1. The van der Waals surface area contributed by atoms with Crippen LogP contribution in [0, 0.1) is 19.8 Å². The number of amides is 1. The number of likely N-dealkylation sites (tertiary alicyclic amines) is 1. The van der Waals surface area contributed by atoms with Gasteiger partial charge in [-0.3, -0.25) is 9.59 Å². The summed E-state index contributed by atoms with van der Waals surface area (Å²) in [7, 11) is 1.60. The van der Waals surface area contributed by atoms with E-state index in [0.29, 0.717) is 36.8 Å². The summed E-state index contributed by atoms with van der Waals surface area (Å²) in [4.78, 5) is 32.0. The first kappa shape index (κ1) is 21.9. The number of aryl methyl sites for hydroxylation is 2. The predicted molar refractivity (Wildman–Crippen MR) is 111 cm³/mol. The molecule has 30 heavy (non-hydrogen) atoms. The fourth-order valence-corrected chi connectivity index (χ4v) is 3.93. The number of carbonyl (C=O) groups excluding carboxylic acids is 2. The van der Waals surface area contributed by atoms with Crippen molar-refractivity contribution in [2.45, 2.75) is 59.1 Å². The number of benzene rings is 1. The summed E-state index contributed by atoms with van der Waals surface area (Å²) in [6.45, 7) is 6.33. The zero-order valence-electron chi connectivity index (χ0n) is 18.1. The van der Waals surface area contributed by atoms with Crippen LogP contribution in [0.1, 0.15) is 61.6 Å². The SMILES string of the molecule is CCCCN1C(=O)CCC(C(=O)OCc2nc(C)c(C)o2)C1c1ccccc1OC. The Balaban J connectivity index is 1.87. The van der Waals surface area contributed by atoms with E-state index in [-0.39, 0.29) is 18.5 Å². The van der Waals surface area contributed by atoms with Gasteiger partial charge < -0.3 is 18.8 Å². The second-order valence-corrected chi connectivity index (χ2v) is 7.63. The van der Waals surface area contributed by atoms with Crippen LogP contribution in [0.3, 0.4) is 0 Å². The van der Waals surface area contributed by atoms with E-state index in [9.17, 15) is 9.59 Å². The molecule has 0 spiro atoms. The van der Waals surface area contributed by atoms with Crippen molar-refractivity contribution in [3.63, 3.8) is 0 Å². The van der Waals surface area contributed by atoms with Crippen LogP contribution in [0.2, 0.25) is 0 Å². The summed E-state index contributed by atoms with van der Waals surface area (Å²) in [5, 5.41) is 0. The predicted octanol–water partition coefficient (Wildman–Crippen LogP) is 4.12. The number of aromatic nitrogens is 1. The molecule has 1 aromatic carbocycles. The average Bonchev–Trinajstić information content (AvgIpc) is 3.08. The first-order valence-electron chi connectivity index (χ1n) is 10.5. The van der Waals surface area contributed by atoms with Gasteiger partial charge >= 0.3 is 5.97 Å². The topological polar surface area (TPSA) is 81.9 Å². The number of carbonyl (C=O) groups is 2. The molecule has 1 fully saturated rings. The lowest BCUT2D eigenvalue weighted by molar-refractivity contribution is -0.159. The second kappa shape index (κ2) is 9.78. The molecular formula is C23H30N2O5. The summed E-state index contributed by atoms with van der Waals surface area (Å²) in [5.41, 5.74) is 1.61. The lowest BCUT2D eigenvalue weighted by Crippen LogP contribution is -2.46. The number of oxazole rings is 1. The largest absolute Gasteiger partial charge is 0.496 e. The minimum atomic E-state index is -0.479. The van der Waals surface area contributed by atoms with Gasteiger partial charge in [0, 0.05) is 18.5 Å². The van der Waals surface area contributed by atoms with Gasteiger partial charge in [0.25, 0.3) is 0 Å². The van der Waals surface area contributed by atoms with Crippen molar-refractivity contribution in [1.82, 2.24) is 9.88 Å². The van der Waals surface area contributed by atoms with Gasteiger partial charge in [-0.05, 0) is 32.8 Å². The Morgan fingerprint density at radius 3 is 2.73 bits per heavy atom. The maximum Gasteiger partial charge on any atom is 0.311 e. The van der Waals surface area contributed by atoms with Crippen molar-refractivity contribution in [2.24, 2.45) is 5.92 Å². The Bertz CT molecular complexity index is 872. The Morgan fingerprint density at radius 2 is 2.07 bits per heavy atom. The molecule has 1 aliphatic heterocycles. The van der Waals surface area contributed by atoms with E-state index in [1.165, 1.54) is 0 Å². The summed E-state index contributed by atoms with van der Waals surface area (Å²) < 4.78 is 16.6. The Kier molecular flexibility index (Phi) is 7.13. The van der Waals surface area contributed by atoms with Crippen molar-refractivity contribution in [3.05, 3.63) is 47.2 Å². The molecule has 1 amide bonds. The van der Waals surface area contributed by atoms with E-state index in [1.807, 2.05) is 43.0 Å². The lowest BCUT2D eigenvalue weighted by Gasteiger charge is -2.40. The van der Waals surface area contributed by atoms with Gasteiger partial charge in [0.2, 0.25) is 11.8 Å². The minimum absolute atomic E-state index is 0.0223. The summed E-state index contributed by atoms with van der Waals surface area (Å²) in [6, 6.07) is 7.13. The highest BCUT2D eigenvalue weighted by Gasteiger charge is 2.42. The number of rotatable bonds is 8. The molecule has 1 aromatic heterocycles. The van der Waals surface area contributed by atoms with Crippen molar-refractivity contribution in [3.8, 4) is 5.75 Å². The number of methoxy groups -OCH3 is 1. The number of ether oxygens (including phenoxy) is 2. The number of nitrogens with zero attached hydrogens (tertiary/aromatic N) is 2. The fourth-order valence-electron chi connectivity index (χ4n) is 3.93. The van der Waals surface area contributed by atoms with Crippen LogP contribution in [0.4, 0.5) is 0 Å². The molecule has 0 N–H and O–H groups in total. The molecule has 2 heterocycles. The summed E-state index contributed by atoms with van der Waals surface area (Å²) >= 11 is 0. The smallest absolute Gasteiger partial charge is 0.311 e. The van der Waals surface area contributed by atoms with Gasteiger partial charge in [-0.25, -0.2) is 4.98 Å². The minimum Gasteiger partial charge on any atom is -0.496 e. The normalized spacial score (nSPS) is 19.1. The van der Waals surface area contributed by atoms with Gasteiger partial charge in [-0.1, -0.05) is 31.5 Å². The van der Waals surface area contributed by atoms with Crippen LogP contribution in [-0.4, -0.2) is 35.4 Å². The van der Waals surface area contributed by atoms with Gasteiger partial charge in [-0.2, -0.15) is 0 Å². The number of piperidine rings is 1. The van der Waals surface area contributed by atoms with Crippen LogP contribution in [-0.2, 0) is 20.9 Å². The highest BCUT2D eigenvalue weighted by molar-refractivity contribution is 5.82. The van der Waals surface area contributed by atoms with Gasteiger partial charge in [-0.15, -0.1) is 0 Å². The summed E-state index contributed by atoms with van der Waals surface area (Å²) in [6.07, 6.45) is 2.59. The van der Waals surface area contributed by atoms with E-state index in [0.717, 1.165) is 24.1 Å². The van der Waals surface area contributed by atoms with Crippen LogP contribution in [0.5, 0.6) is 5.75 Å². The first-order chi connectivity index (χ1) is 14.5. The quantitative estimate of drug-likeness (QED) is 0.604. The molecule has 3 rings (SSSR count). The van der Waals surface area contributed by atoms with Gasteiger partial charge in [0.15, 0.2) is 6.61 Å². The number of para-hydroxylation sites is 1. The number of esters is 1. The summed E-state index contributed by atoms with van der Waals surface area (Å²) in [5.74, 6) is 0.975. The number of unbranched alkanes of at least 4 members (excludes halogenated alkanes) is 1. The molecule has 2 unspecified atom stereocenters. The Labute approximate surface area is 177 Å². The lowest BCUT2D eigenvalue weighted by atomic mass is 9.83. The molecule has 0 radical (unpaired) electrons. The molecule has 0 aliphatic carbocycles. The van der Waals surface area contributed by atoms with Crippen molar-refractivity contribution >= 4 is 11.9 Å². The number of hydrogen-bond acceptors (Lipinski definition) is 6. The standard InChI is InChI=1S/C23H30N2O5/c1-5-6-13-25-21(26)12-11-18(22(25)17-9-7-8-10-19(17)28-4)23(27)29-14-20-24-15(2)16(3)30-20/h7-10,18,22H,5-6,11-14H2,1-4H3. The molecule has 162 valence electrons. The fraction of sp³-hybridized carbons (Fsp3) is 0.522. The molecule has 0 bridgehead atoms. The van der Waals surface area contributed by atoms with E-state index in [1.54, 1.807) is 7.11 Å². The molecule has 7 nitrogen and oxygen atoms in total. The Hall–Kier alpha value is -2.83. The van der Waals surface area contributed by atoms with Gasteiger partial charge in [0.05, 0.1) is 24.8 Å². The van der Waals surface area contributed by atoms with Crippen molar-refractivity contribution < 1.29 is 23.5 Å². The molecule has 2 aromatic rings. The monoisotopic (exact) mass is 414 g/mol. The van der Waals surface area contributed by atoms with Crippen LogP contribution in [0.25, 0.3) is 0 Å². The average molecular weight is 415 g/mol. The second-order valence-electron chi connectivity index (χ2n) is 7.63. The van der Waals surface area contributed by atoms with E-state index < -0.39 is 12.0 Å². The molecule has 2 atom stereocenters. The third-order valence-electron chi connectivity index (χ3n) is 5.63. The first-order valence-corrected chi connectivity index (χ1v) is 10.5. The van der Waals surface area contributed by atoms with E-state index in [2.05, 4.69) is 11.9 Å². The van der Waals surface area contributed by atoms with E-state index >= 15 is 0 Å². The highest BCUT2D eigenvalue weighted by atomic mass is 16.5. The Morgan fingerprint density at radius 1 is 1.30 bits per heavy atom. The maximum atomic E-state index is 13.1. The molecule has 1 saturated heterocycles. The molecule has 0 saturated carbocycles. The zero-order valence-corrected chi connectivity index (χ0v) is 18.1. The molecular weight excluding hydrogens is 384 g/mol. The van der Waals surface area contributed by atoms with Crippen LogP contribution < -0.4 is 4.74 Å².